The third-order valence-corrected chi connectivity index (χ3v) is 1.31. The van der Waals surface area contributed by atoms with Gasteiger partial charge in [0.25, 0.3) is 0 Å². The zero-order valence-corrected chi connectivity index (χ0v) is 7.04. The van der Waals surface area contributed by atoms with Crippen LogP contribution in [0.25, 0.3) is 0 Å². The van der Waals surface area contributed by atoms with Gasteiger partial charge in [0.2, 0.25) is 0 Å². The number of halogens is 1. The van der Waals surface area contributed by atoms with Gasteiger partial charge in [-0.05, 0) is 12.1 Å². The van der Waals surface area contributed by atoms with Crippen molar-refractivity contribution < 1.29 is 9.53 Å². The summed E-state index contributed by atoms with van der Waals surface area (Å²) < 4.78 is 4.46. The summed E-state index contributed by atoms with van der Waals surface area (Å²) >= 11 is 5.18. The monoisotopic (exact) mass is 185 g/mol. The first-order valence-corrected chi connectivity index (χ1v) is 3.91. The van der Waals surface area contributed by atoms with Crippen LogP contribution in [0.15, 0.2) is 30.3 Å². The standard InChI is InChI=1S/C8H8ClNO2/c9-6-12-8(11)10-7-4-2-1-3-5-7/h1-5H,6H2,(H,10,11). The first kappa shape index (κ1) is 8.87. The van der Waals surface area contributed by atoms with Crippen molar-refractivity contribution in [3.8, 4) is 0 Å². The lowest BCUT2D eigenvalue weighted by molar-refractivity contribution is 0.180. The Morgan fingerprint density at radius 3 is 2.67 bits per heavy atom. The minimum absolute atomic E-state index is 0.140. The van der Waals surface area contributed by atoms with E-state index in [1.165, 1.54) is 0 Å². The molecular weight excluding hydrogens is 178 g/mol. The Bertz CT molecular complexity index is 250. The predicted octanol–water partition coefficient (Wildman–Crippen LogP) is 2.43. The number of alkyl halides is 1. The van der Waals surface area contributed by atoms with Crippen molar-refractivity contribution in [1.82, 2.24) is 0 Å². The van der Waals surface area contributed by atoms with E-state index in [2.05, 4.69) is 10.1 Å². The molecule has 1 amide bonds. The van der Waals surface area contributed by atoms with Gasteiger partial charge in [-0.2, -0.15) is 0 Å². The summed E-state index contributed by atoms with van der Waals surface area (Å²) in [4.78, 5) is 10.8. The number of nitrogens with one attached hydrogen (secondary N) is 1. The van der Waals surface area contributed by atoms with Gasteiger partial charge in [-0.15, -0.1) is 0 Å². The zero-order chi connectivity index (χ0) is 8.81. The van der Waals surface area contributed by atoms with E-state index in [1.807, 2.05) is 18.2 Å². The molecule has 0 unspecified atom stereocenters. The largest absolute Gasteiger partial charge is 0.433 e. The van der Waals surface area contributed by atoms with Crippen LogP contribution < -0.4 is 5.32 Å². The molecule has 0 bridgehead atoms. The molecular formula is C8H8ClNO2. The van der Waals surface area contributed by atoms with E-state index < -0.39 is 6.09 Å². The second-order valence-electron chi connectivity index (χ2n) is 2.03. The first-order valence-electron chi connectivity index (χ1n) is 3.37. The molecule has 0 fully saturated rings. The number of rotatable bonds is 2. The van der Waals surface area contributed by atoms with Crippen LogP contribution in [0, 0.1) is 0 Å². The number of hydrogen-bond acceptors (Lipinski definition) is 2. The molecule has 0 saturated heterocycles. The maximum atomic E-state index is 10.8. The third kappa shape index (κ3) is 2.80. The summed E-state index contributed by atoms with van der Waals surface area (Å²) in [7, 11) is 0. The van der Waals surface area contributed by atoms with Crippen molar-refractivity contribution in [1.29, 1.82) is 0 Å². The molecule has 0 aromatic heterocycles. The summed E-state index contributed by atoms with van der Waals surface area (Å²) in [5.41, 5.74) is 0.688. The molecule has 64 valence electrons. The Morgan fingerprint density at radius 2 is 2.08 bits per heavy atom. The molecule has 0 aliphatic heterocycles. The van der Waals surface area contributed by atoms with Gasteiger partial charge in [0.15, 0.2) is 6.07 Å². The van der Waals surface area contributed by atoms with Crippen molar-refractivity contribution >= 4 is 23.4 Å². The molecule has 0 heterocycles. The average molecular weight is 186 g/mol. The van der Waals surface area contributed by atoms with Gasteiger partial charge in [-0.25, -0.2) is 4.79 Å². The fraction of sp³-hybridized carbons (Fsp3) is 0.125. The summed E-state index contributed by atoms with van der Waals surface area (Å²) in [5, 5.41) is 2.50. The number of hydrogen-bond donors (Lipinski definition) is 1. The maximum absolute atomic E-state index is 10.8. The van der Waals surface area contributed by atoms with E-state index in [1.54, 1.807) is 12.1 Å². The molecule has 4 heteroatoms. The van der Waals surface area contributed by atoms with Crippen molar-refractivity contribution in [2.45, 2.75) is 0 Å². The lowest BCUT2D eigenvalue weighted by atomic mass is 10.3. The summed E-state index contributed by atoms with van der Waals surface area (Å²) in [5.74, 6) is 0. The number of anilines is 1. The molecule has 1 N–H and O–H groups in total. The van der Waals surface area contributed by atoms with Gasteiger partial charge in [0.05, 0.1) is 0 Å². The third-order valence-electron chi connectivity index (χ3n) is 1.21. The Hall–Kier alpha value is -1.22. The van der Waals surface area contributed by atoms with Crippen LogP contribution in [0.5, 0.6) is 0 Å². The van der Waals surface area contributed by atoms with E-state index in [0.29, 0.717) is 5.69 Å². The first-order chi connectivity index (χ1) is 5.83. The van der Waals surface area contributed by atoms with Crippen molar-refractivity contribution in [2.24, 2.45) is 0 Å². The number of benzene rings is 1. The predicted molar refractivity (Wildman–Crippen MR) is 47.3 cm³/mol. The number of ether oxygens (including phenoxy) is 1. The van der Waals surface area contributed by atoms with Crippen LogP contribution in [-0.2, 0) is 4.74 Å². The Labute approximate surface area is 75.3 Å². The Balaban J connectivity index is 2.47. The highest BCUT2D eigenvalue weighted by molar-refractivity contribution is 6.17. The summed E-state index contributed by atoms with van der Waals surface area (Å²) in [6.07, 6.45) is -0.545. The smallest absolute Gasteiger partial charge is 0.412 e. The van der Waals surface area contributed by atoms with Crippen molar-refractivity contribution in [3.05, 3.63) is 30.3 Å². The second kappa shape index (κ2) is 4.62. The molecule has 1 aromatic carbocycles. The Kier molecular flexibility index (Phi) is 3.41. The maximum Gasteiger partial charge on any atom is 0.412 e. The molecule has 12 heavy (non-hydrogen) atoms. The SMILES string of the molecule is O=C(Nc1ccccc1)OCCl. The minimum atomic E-state index is -0.545. The molecule has 0 atom stereocenters. The van der Waals surface area contributed by atoms with Crippen LogP contribution >= 0.6 is 11.6 Å². The quantitative estimate of drug-likeness (QED) is 0.719. The van der Waals surface area contributed by atoms with Gasteiger partial charge in [0, 0.05) is 5.69 Å². The molecule has 3 nitrogen and oxygen atoms in total. The van der Waals surface area contributed by atoms with Crippen molar-refractivity contribution in [2.75, 3.05) is 11.4 Å². The number of para-hydroxylation sites is 1. The van der Waals surface area contributed by atoms with Crippen molar-refractivity contribution in [3.63, 3.8) is 0 Å². The molecule has 0 aliphatic carbocycles. The molecule has 0 spiro atoms. The molecule has 0 saturated carbocycles. The van der Waals surface area contributed by atoms with E-state index in [4.69, 9.17) is 11.6 Å². The fourth-order valence-electron chi connectivity index (χ4n) is 0.725. The van der Waals surface area contributed by atoms with Gasteiger partial charge in [-0.1, -0.05) is 29.8 Å². The second-order valence-corrected chi connectivity index (χ2v) is 2.25. The zero-order valence-electron chi connectivity index (χ0n) is 6.29. The minimum Gasteiger partial charge on any atom is -0.433 e. The number of amides is 1. The fourth-order valence-corrected chi connectivity index (χ4v) is 0.824. The highest BCUT2D eigenvalue weighted by Gasteiger charge is 1.99. The number of carbonyl (C=O) groups excluding carboxylic acids is 1. The van der Waals surface area contributed by atoms with Crippen LogP contribution in [0.4, 0.5) is 10.5 Å². The van der Waals surface area contributed by atoms with Crippen LogP contribution in [0.2, 0.25) is 0 Å². The van der Waals surface area contributed by atoms with Gasteiger partial charge in [0.1, 0.15) is 0 Å². The van der Waals surface area contributed by atoms with Crippen LogP contribution in [0.3, 0.4) is 0 Å². The van der Waals surface area contributed by atoms with E-state index in [-0.39, 0.29) is 6.07 Å². The molecule has 1 aromatic rings. The van der Waals surface area contributed by atoms with Crippen LogP contribution in [-0.4, -0.2) is 12.2 Å². The molecule has 0 aliphatic rings. The summed E-state index contributed by atoms with van der Waals surface area (Å²) in [6.45, 7) is 0. The lowest BCUT2D eigenvalue weighted by Gasteiger charge is -2.02. The van der Waals surface area contributed by atoms with Gasteiger partial charge < -0.3 is 4.74 Å². The molecule has 0 radical (unpaired) electrons. The highest BCUT2D eigenvalue weighted by atomic mass is 35.5. The number of carbonyl (C=O) groups is 1. The molecule has 1 rings (SSSR count). The Morgan fingerprint density at radius 1 is 1.42 bits per heavy atom. The summed E-state index contributed by atoms with van der Waals surface area (Å²) in [6, 6.07) is 8.87. The topological polar surface area (TPSA) is 38.3 Å². The van der Waals surface area contributed by atoms with E-state index >= 15 is 0 Å². The normalized spacial score (nSPS) is 9.08. The van der Waals surface area contributed by atoms with E-state index in [0.717, 1.165) is 0 Å². The highest BCUT2D eigenvalue weighted by Crippen LogP contribution is 2.04. The van der Waals surface area contributed by atoms with Crippen LogP contribution in [0.1, 0.15) is 0 Å². The average Bonchev–Trinajstić information content (AvgIpc) is 2.06. The lowest BCUT2D eigenvalue weighted by Crippen LogP contribution is -2.12. The van der Waals surface area contributed by atoms with Gasteiger partial charge in [-0.3, -0.25) is 5.32 Å². The van der Waals surface area contributed by atoms with Gasteiger partial charge >= 0.3 is 6.09 Å². The van der Waals surface area contributed by atoms with E-state index in [9.17, 15) is 4.79 Å².